The fourth-order valence-corrected chi connectivity index (χ4v) is 3.84. The van der Waals surface area contributed by atoms with Crippen molar-refractivity contribution in [3.05, 3.63) is 88.0 Å². The van der Waals surface area contributed by atoms with Crippen LogP contribution in [0, 0.1) is 0 Å². The summed E-state index contributed by atoms with van der Waals surface area (Å²) in [6.45, 7) is -0.472. The van der Waals surface area contributed by atoms with Crippen LogP contribution in [0.1, 0.15) is 10.4 Å². The first-order valence-corrected chi connectivity index (χ1v) is 11.0. The van der Waals surface area contributed by atoms with Gasteiger partial charge in [-0.3, -0.25) is 10.1 Å². The maximum atomic E-state index is 12.1. The van der Waals surface area contributed by atoms with Gasteiger partial charge in [0.1, 0.15) is 5.15 Å². The zero-order valence-electron chi connectivity index (χ0n) is 16.4. The monoisotopic (exact) mass is 483 g/mol. The van der Waals surface area contributed by atoms with Crippen molar-refractivity contribution in [1.82, 2.24) is 9.97 Å². The first-order valence-electron chi connectivity index (χ1n) is 9.39. The predicted molar refractivity (Wildman–Crippen MR) is 126 cm³/mol. The molecule has 160 valence electrons. The fourth-order valence-electron chi connectivity index (χ4n) is 2.83. The Labute approximate surface area is 197 Å². The third-order valence-corrected chi connectivity index (χ3v) is 5.85. The summed E-state index contributed by atoms with van der Waals surface area (Å²) in [5.41, 5.74) is 4.01. The van der Waals surface area contributed by atoms with Crippen LogP contribution in [0.4, 0.5) is 5.13 Å². The van der Waals surface area contributed by atoms with Crippen molar-refractivity contribution in [2.45, 2.75) is 0 Å². The Morgan fingerprint density at radius 1 is 0.969 bits per heavy atom. The summed E-state index contributed by atoms with van der Waals surface area (Å²) in [5, 5.41) is 5.08. The van der Waals surface area contributed by atoms with Gasteiger partial charge in [-0.1, -0.05) is 77.8 Å². The Hall–Kier alpha value is -3.26. The zero-order chi connectivity index (χ0) is 22.5. The molecule has 0 aliphatic heterocycles. The fraction of sp³-hybridized carbons (Fsp3) is 0.0435. The van der Waals surface area contributed by atoms with E-state index in [0.29, 0.717) is 5.13 Å². The molecule has 0 saturated heterocycles. The summed E-state index contributed by atoms with van der Waals surface area (Å²) in [7, 11) is 0. The topological polar surface area (TPSA) is 81.2 Å². The number of nitrogens with zero attached hydrogens (tertiary/aromatic N) is 2. The van der Waals surface area contributed by atoms with Gasteiger partial charge in [-0.05, 0) is 17.2 Å². The first kappa shape index (κ1) is 22.0. The second-order valence-electron chi connectivity index (χ2n) is 6.60. The highest BCUT2D eigenvalue weighted by Crippen LogP contribution is 2.27. The van der Waals surface area contributed by atoms with E-state index in [0.717, 1.165) is 22.4 Å². The Bertz CT molecular complexity index is 1260. The van der Waals surface area contributed by atoms with E-state index in [9.17, 15) is 9.59 Å². The van der Waals surface area contributed by atoms with Crippen molar-refractivity contribution < 1.29 is 14.3 Å². The van der Waals surface area contributed by atoms with Crippen LogP contribution in [0.25, 0.3) is 22.4 Å². The van der Waals surface area contributed by atoms with Gasteiger partial charge in [0.2, 0.25) is 0 Å². The molecule has 0 spiro atoms. The molecule has 0 saturated carbocycles. The van der Waals surface area contributed by atoms with Crippen molar-refractivity contribution in [3.63, 3.8) is 0 Å². The number of carbonyl (C=O) groups excluding carboxylic acids is 2. The molecule has 32 heavy (non-hydrogen) atoms. The molecule has 0 unspecified atom stereocenters. The summed E-state index contributed by atoms with van der Waals surface area (Å²) >= 11 is 12.8. The number of anilines is 1. The molecule has 2 heterocycles. The normalized spacial score (nSPS) is 10.6. The van der Waals surface area contributed by atoms with Gasteiger partial charge < -0.3 is 4.74 Å². The van der Waals surface area contributed by atoms with Gasteiger partial charge in [0.05, 0.1) is 16.3 Å². The Kier molecular flexibility index (Phi) is 6.80. The van der Waals surface area contributed by atoms with Crippen LogP contribution < -0.4 is 5.32 Å². The van der Waals surface area contributed by atoms with Gasteiger partial charge in [0, 0.05) is 17.1 Å². The minimum atomic E-state index is -0.732. The highest BCUT2D eigenvalue weighted by Gasteiger charge is 2.14. The molecule has 0 aliphatic rings. The smallest absolute Gasteiger partial charge is 0.340 e. The average Bonchev–Trinajstić information content (AvgIpc) is 3.28. The van der Waals surface area contributed by atoms with Crippen LogP contribution in [0.2, 0.25) is 10.2 Å². The van der Waals surface area contributed by atoms with Crippen molar-refractivity contribution in [1.29, 1.82) is 0 Å². The van der Waals surface area contributed by atoms with Crippen LogP contribution in [0.15, 0.2) is 72.2 Å². The predicted octanol–water partition coefficient (Wildman–Crippen LogP) is 5.97. The summed E-state index contributed by atoms with van der Waals surface area (Å²) in [5.74, 6) is -1.24. The maximum absolute atomic E-state index is 12.1. The molecule has 1 N–H and O–H groups in total. The van der Waals surface area contributed by atoms with Crippen molar-refractivity contribution >= 4 is 51.5 Å². The third-order valence-electron chi connectivity index (χ3n) is 4.40. The second-order valence-corrected chi connectivity index (χ2v) is 8.23. The summed E-state index contributed by atoms with van der Waals surface area (Å²) < 4.78 is 4.99. The van der Waals surface area contributed by atoms with Gasteiger partial charge in [-0.15, -0.1) is 11.3 Å². The van der Waals surface area contributed by atoms with Gasteiger partial charge in [0.25, 0.3) is 5.91 Å². The minimum Gasteiger partial charge on any atom is -0.452 e. The van der Waals surface area contributed by atoms with Crippen LogP contribution in [-0.4, -0.2) is 28.5 Å². The molecule has 0 aliphatic carbocycles. The number of esters is 1. The first-order chi connectivity index (χ1) is 15.5. The van der Waals surface area contributed by atoms with Crippen LogP contribution in [-0.2, 0) is 9.53 Å². The number of halogens is 2. The van der Waals surface area contributed by atoms with Gasteiger partial charge in [-0.25, -0.2) is 14.8 Å². The third kappa shape index (κ3) is 5.31. The number of rotatable bonds is 6. The van der Waals surface area contributed by atoms with Crippen molar-refractivity contribution in [2.75, 3.05) is 11.9 Å². The molecule has 0 atom stereocenters. The minimum absolute atomic E-state index is 0.0789. The number of pyridine rings is 1. The van der Waals surface area contributed by atoms with Crippen molar-refractivity contribution in [2.24, 2.45) is 0 Å². The molecule has 4 rings (SSSR count). The van der Waals surface area contributed by atoms with Crippen molar-refractivity contribution in [3.8, 4) is 22.4 Å². The van der Waals surface area contributed by atoms with E-state index >= 15 is 0 Å². The zero-order valence-corrected chi connectivity index (χ0v) is 18.7. The summed E-state index contributed by atoms with van der Waals surface area (Å²) in [4.78, 5) is 32.4. The lowest BCUT2D eigenvalue weighted by molar-refractivity contribution is -0.119. The van der Waals surface area contributed by atoms with E-state index in [-0.39, 0.29) is 15.7 Å². The van der Waals surface area contributed by atoms with E-state index in [4.69, 9.17) is 27.9 Å². The number of benzene rings is 2. The molecule has 4 aromatic rings. The molecule has 2 aromatic carbocycles. The highest BCUT2D eigenvalue weighted by molar-refractivity contribution is 7.14. The van der Waals surface area contributed by atoms with E-state index < -0.39 is 18.5 Å². The largest absolute Gasteiger partial charge is 0.452 e. The van der Waals surface area contributed by atoms with Crippen LogP contribution in [0.3, 0.4) is 0 Å². The molecule has 0 radical (unpaired) electrons. The number of hydrogen-bond acceptors (Lipinski definition) is 6. The van der Waals surface area contributed by atoms with Crippen LogP contribution >= 0.6 is 34.5 Å². The molecule has 0 bridgehead atoms. The lowest BCUT2D eigenvalue weighted by Crippen LogP contribution is -2.21. The highest BCUT2D eigenvalue weighted by atomic mass is 35.5. The quantitative estimate of drug-likeness (QED) is 0.269. The van der Waals surface area contributed by atoms with Crippen LogP contribution in [0.5, 0.6) is 0 Å². The Morgan fingerprint density at radius 2 is 1.66 bits per heavy atom. The van der Waals surface area contributed by atoms with Gasteiger partial charge in [0.15, 0.2) is 11.7 Å². The number of ether oxygens (including phenoxy) is 1. The lowest BCUT2D eigenvalue weighted by Gasteiger charge is -2.05. The van der Waals surface area contributed by atoms with E-state index in [1.165, 1.54) is 23.6 Å². The number of thiazole rings is 1. The standard InChI is InChI=1S/C23H15Cl2N3O3S/c24-18-10-17(11-26-21(18)25)22(30)31-12-20(29)28-23-27-19(13-32-23)16-8-6-15(7-9-16)14-4-2-1-3-5-14/h1-11,13H,12H2,(H,27,28,29). The number of hydrogen-bond donors (Lipinski definition) is 1. The Balaban J connectivity index is 1.34. The number of amides is 1. The lowest BCUT2D eigenvalue weighted by atomic mass is 10.0. The molecule has 0 fully saturated rings. The second kappa shape index (κ2) is 9.91. The maximum Gasteiger partial charge on any atom is 0.340 e. The average molecular weight is 484 g/mol. The summed E-state index contributed by atoms with van der Waals surface area (Å²) in [6, 6.07) is 19.4. The van der Waals surface area contributed by atoms with Gasteiger partial charge in [-0.2, -0.15) is 0 Å². The molecule has 2 aromatic heterocycles. The molecular formula is C23H15Cl2N3O3S. The number of carbonyl (C=O) groups is 2. The van der Waals surface area contributed by atoms with E-state index in [1.54, 1.807) is 0 Å². The number of aromatic nitrogens is 2. The van der Waals surface area contributed by atoms with E-state index in [2.05, 4.69) is 27.4 Å². The Morgan fingerprint density at radius 3 is 2.38 bits per heavy atom. The van der Waals surface area contributed by atoms with Gasteiger partial charge >= 0.3 is 5.97 Å². The molecule has 9 heteroatoms. The van der Waals surface area contributed by atoms with E-state index in [1.807, 2.05) is 47.8 Å². The summed E-state index contributed by atoms with van der Waals surface area (Å²) in [6.07, 6.45) is 1.23. The molecular weight excluding hydrogens is 469 g/mol. The molecule has 6 nitrogen and oxygen atoms in total. The SMILES string of the molecule is O=C(COC(=O)c1cnc(Cl)c(Cl)c1)Nc1nc(-c2ccc(-c3ccccc3)cc2)cs1. The number of nitrogens with one attached hydrogen (secondary N) is 1. The molecule has 1 amide bonds.